The van der Waals surface area contributed by atoms with Gasteiger partial charge < -0.3 is 10.1 Å². The maximum atomic E-state index is 11.2. The molecule has 0 aromatic rings. The first-order valence-corrected chi connectivity index (χ1v) is 10.3. The Bertz CT molecular complexity index is 560. The highest BCUT2D eigenvalue weighted by Gasteiger charge is 2.55. The van der Waals surface area contributed by atoms with Gasteiger partial charge >= 0.3 is 0 Å². The highest BCUT2D eigenvalue weighted by atomic mass is 35.5. The standard InChI is InChI=1S/C21H34ClNO2/c1-14-6-7-16-15(12-14)17(8-10-20(16,4)23-13-24)21(5)11-9-18(22)19(2,3)25-21/h12-13,15-18H,6-11H2,1-5H3,(H,23,24)/t15-,16+,17+,18-,20+,21+/m0/s1. The first kappa shape index (κ1) is 19.2. The Morgan fingerprint density at radius 1 is 1.16 bits per heavy atom. The molecule has 25 heavy (non-hydrogen) atoms. The smallest absolute Gasteiger partial charge is 0.207 e. The van der Waals surface area contributed by atoms with Crippen LogP contribution in [-0.2, 0) is 9.53 Å². The molecule has 3 nitrogen and oxygen atoms in total. The van der Waals surface area contributed by atoms with Crippen LogP contribution >= 0.6 is 11.6 Å². The second kappa shape index (κ2) is 6.56. The van der Waals surface area contributed by atoms with Gasteiger partial charge in [-0.2, -0.15) is 0 Å². The Balaban J connectivity index is 1.92. The number of hydrogen-bond donors (Lipinski definition) is 1. The molecule has 3 rings (SSSR count). The van der Waals surface area contributed by atoms with Gasteiger partial charge in [0.25, 0.3) is 0 Å². The fraction of sp³-hybridized carbons (Fsp3) is 0.857. The fourth-order valence-corrected chi connectivity index (χ4v) is 5.99. The van der Waals surface area contributed by atoms with Gasteiger partial charge in [0, 0.05) is 5.54 Å². The van der Waals surface area contributed by atoms with Crippen molar-refractivity contribution < 1.29 is 9.53 Å². The SMILES string of the molecule is CC1=C[C@H]2[C@@H](CC1)[C@](C)(NC=O)CC[C@H]2[C@@]1(C)CC[C@H](Cl)C(C)(C)O1. The van der Waals surface area contributed by atoms with Gasteiger partial charge in [-0.1, -0.05) is 11.6 Å². The van der Waals surface area contributed by atoms with Gasteiger partial charge in [-0.15, -0.1) is 11.6 Å². The van der Waals surface area contributed by atoms with E-state index in [-0.39, 0.29) is 22.1 Å². The summed E-state index contributed by atoms with van der Waals surface area (Å²) in [5.41, 5.74) is 0.944. The molecule has 4 heteroatoms. The number of allylic oxidation sites excluding steroid dienone is 2. The van der Waals surface area contributed by atoms with E-state index in [0.717, 1.165) is 44.9 Å². The summed E-state index contributed by atoms with van der Waals surface area (Å²) in [6.07, 6.45) is 9.79. The zero-order chi connectivity index (χ0) is 18.5. The molecule has 1 N–H and O–H groups in total. The highest BCUT2D eigenvalue weighted by molar-refractivity contribution is 6.21. The fourth-order valence-electron chi connectivity index (χ4n) is 5.84. The molecule has 1 amide bonds. The molecular weight excluding hydrogens is 334 g/mol. The van der Waals surface area contributed by atoms with E-state index in [4.69, 9.17) is 16.3 Å². The molecule has 0 radical (unpaired) electrons. The van der Waals surface area contributed by atoms with Crippen LogP contribution < -0.4 is 5.32 Å². The minimum Gasteiger partial charge on any atom is -0.368 e. The number of hydrogen-bond acceptors (Lipinski definition) is 2. The Kier molecular flexibility index (Phi) is 5.05. The van der Waals surface area contributed by atoms with Crippen LogP contribution in [0.1, 0.15) is 73.1 Å². The summed E-state index contributed by atoms with van der Waals surface area (Å²) in [6, 6.07) is 0. The van der Waals surface area contributed by atoms with Gasteiger partial charge in [-0.05, 0) is 90.9 Å². The van der Waals surface area contributed by atoms with Gasteiger partial charge in [0.2, 0.25) is 6.41 Å². The minimum absolute atomic E-state index is 0.0746. The average molecular weight is 368 g/mol. The molecule has 1 aliphatic heterocycles. The zero-order valence-electron chi connectivity index (χ0n) is 16.4. The highest BCUT2D eigenvalue weighted by Crippen LogP contribution is 2.54. The third kappa shape index (κ3) is 3.39. The number of halogens is 1. The van der Waals surface area contributed by atoms with Crippen molar-refractivity contribution in [3.63, 3.8) is 0 Å². The van der Waals surface area contributed by atoms with E-state index in [0.29, 0.717) is 17.8 Å². The Morgan fingerprint density at radius 3 is 2.52 bits per heavy atom. The van der Waals surface area contributed by atoms with Crippen molar-refractivity contribution in [2.75, 3.05) is 0 Å². The van der Waals surface area contributed by atoms with Crippen molar-refractivity contribution in [2.24, 2.45) is 17.8 Å². The second-order valence-corrected chi connectivity index (χ2v) is 10.1. The summed E-state index contributed by atoms with van der Waals surface area (Å²) in [5, 5.41) is 3.24. The minimum atomic E-state index is -0.292. The van der Waals surface area contributed by atoms with E-state index in [1.54, 1.807) is 0 Å². The average Bonchev–Trinajstić information content (AvgIpc) is 2.51. The van der Waals surface area contributed by atoms with Gasteiger partial charge in [-0.25, -0.2) is 0 Å². The van der Waals surface area contributed by atoms with E-state index in [2.05, 4.69) is 46.0 Å². The summed E-state index contributed by atoms with van der Waals surface area (Å²) in [6.45, 7) is 11.0. The van der Waals surface area contributed by atoms with Crippen LogP contribution in [-0.4, -0.2) is 28.5 Å². The summed E-state index contributed by atoms with van der Waals surface area (Å²) >= 11 is 6.54. The zero-order valence-corrected chi connectivity index (χ0v) is 17.2. The van der Waals surface area contributed by atoms with Crippen molar-refractivity contribution in [3.8, 4) is 0 Å². The number of carbonyl (C=O) groups is 1. The molecule has 0 aromatic heterocycles. The predicted octanol–water partition coefficient (Wildman–Crippen LogP) is 4.83. The number of rotatable bonds is 3. The largest absolute Gasteiger partial charge is 0.368 e. The van der Waals surface area contributed by atoms with Crippen LogP contribution in [0.5, 0.6) is 0 Å². The number of alkyl halides is 1. The van der Waals surface area contributed by atoms with Gasteiger partial charge in [0.1, 0.15) is 0 Å². The Hall–Kier alpha value is -0.540. The van der Waals surface area contributed by atoms with Crippen molar-refractivity contribution in [3.05, 3.63) is 11.6 Å². The van der Waals surface area contributed by atoms with Crippen LogP contribution in [0.15, 0.2) is 11.6 Å². The topological polar surface area (TPSA) is 38.3 Å². The summed E-state index contributed by atoms with van der Waals surface area (Å²) in [4.78, 5) is 11.2. The quantitative estimate of drug-likeness (QED) is 0.440. The van der Waals surface area contributed by atoms with E-state index in [1.165, 1.54) is 5.57 Å². The number of nitrogens with one attached hydrogen (secondary N) is 1. The lowest BCUT2D eigenvalue weighted by molar-refractivity contribution is -0.205. The molecule has 2 aliphatic carbocycles. The van der Waals surface area contributed by atoms with Crippen LogP contribution in [0.2, 0.25) is 0 Å². The molecule has 1 saturated heterocycles. The first-order chi connectivity index (χ1) is 11.6. The Morgan fingerprint density at radius 2 is 1.88 bits per heavy atom. The summed E-state index contributed by atoms with van der Waals surface area (Å²) < 4.78 is 6.67. The van der Waals surface area contributed by atoms with Crippen molar-refractivity contribution in [2.45, 2.75) is 95.3 Å². The van der Waals surface area contributed by atoms with Crippen molar-refractivity contribution >= 4 is 18.0 Å². The lowest BCUT2D eigenvalue weighted by atomic mass is 9.55. The molecule has 3 aliphatic rings. The predicted molar refractivity (Wildman–Crippen MR) is 103 cm³/mol. The summed E-state index contributed by atoms with van der Waals surface area (Å²) in [5.74, 6) is 1.43. The molecule has 2 fully saturated rings. The maximum Gasteiger partial charge on any atom is 0.207 e. The molecule has 0 unspecified atom stereocenters. The van der Waals surface area contributed by atoms with Crippen LogP contribution in [0.3, 0.4) is 0 Å². The Labute approximate surface area is 157 Å². The van der Waals surface area contributed by atoms with Gasteiger partial charge in [0.15, 0.2) is 0 Å². The van der Waals surface area contributed by atoms with Crippen LogP contribution in [0.4, 0.5) is 0 Å². The molecule has 1 saturated carbocycles. The number of carbonyl (C=O) groups excluding carboxylic acids is 1. The molecule has 142 valence electrons. The van der Waals surface area contributed by atoms with Crippen LogP contribution in [0.25, 0.3) is 0 Å². The molecule has 1 heterocycles. The maximum absolute atomic E-state index is 11.2. The van der Waals surface area contributed by atoms with Gasteiger partial charge in [0.05, 0.1) is 16.6 Å². The van der Waals surface area contributed by atoms with Gasteiger partial charge in [-0.3, -0.25) is 4.79 Å². The lowest BCUT2D eigenvalue weighted by Gasteiger charge is -2.58. The first-order valence-electron chi connectivity index (χ1n) is 9.84. The third-order valence-corrected chi connectivity index (χ3v) is 8.11. The van der Waals surface area contributed by atoms with E-state index in [9.17, 15) is 4.79 Å². The third-order valence-electron chi connectivity index (χ3n) is 7.37. The molecule has 0 spiro atoms. The number of amides is 1. The molecule has 0 aromatic carbocycles. The van der Waals surface area contributed by atoms with Crippen molar-refractivity contribution in [1.29, 1.82) is 0 Å². The van der Waals surface area contributed by atoms with E-state index < -0.39 is 0 Å². The number of fused-ring (bicyclic) bond motifs is 1. The second-order valence-electron chi connectivity index (χ2n) is 9.58. The summed E-state index contributed by atoms with van der Waals surface area (Å²) in [7, 11) is 0. The number of ether oxygens (including phenoxy) is 1. The lowest BCUT2D eigenvalue weighted by Crippen LogP contribution is -2.61. The normalized spacial score (nSPS) is 46.7. The molecule has 6 atom stereocenters. The molecular formula is C21H34ClNO2. The van der Waals surface area contributed by atoms with E-state index in [1.807, 2.05) is 0 Å². The van der Waals surface area contributed by atoms with Crippen LogP contribution in [0, 0.1) is 17.8 Å². The van der Waals surface area contributed by atoms with E-state index >= 15 is 0 Å². The molecule has 0 bridgehead atoms. The monoisotopic (exact) mass is 367 g/mol. The van der Waals surface area contributed by atoms with Crippen molar-refractivity contribution in [1.82, 2.24) is 5.32 Å².